The number of hydrogen-bond donors (Lipinski definition) is 0. The molecule has 0 N–H and O–H groups in total. The van der Waals surface area contributed by atoms with Crippen LogP contribution in [0.2, 0.25) is 9.62 Å². The molecular weight excluding hydrogens is 432 g/mol. The van der Waals surface area contributed by atoms with Crippen LogP contribution in [0.1, 0.15) is 21.7 Å². The molecule has 28 heavy (non-hydrogen) atoms. The number of rotatable bonds is 3. The van der Waals surface area contributed by atoms with Crippen LogP contribution in [0.4, 0.5) is 13.2 Å². The first-order valence-electron chi connectivity index (χ1n) is 8.35. The first-order chi connectivity index (χ1) is 13.3. The third-order valence-corrected chi connectivity index (χ3v) is 6.04. The smallest absolute Gasteiger partial charge is 0.293 e. The highest BCUT2D eigenvalue weighted by Gasteiger charge is 2.30. The molecule has 0 saturated carbocycles. The van der Waals surface area contributed by atoms with Gasteiger partial charge in [0, 0.05) is 43.4 Å². The monoisotopic (exact) mass is 444 g/mol. The van der Waals surface area contributed by atoms with E-state index >= 15 is 0 Å². The molecular formula is C18H13Cl2F3N4S. The highest BCUT2D eigenvalue weighted by atomic mass is 35.5. The van der Waals surface area contributed by atoms with Crippen molar-refractivity contribution in [3.63, 3.8) is 0 Å². The number of hydrogen-bond acceptors (Lipinski definition) is 5. The van der Waals surface area contributed by atoms with Gasteiger partial charge in [-0.3, -0.25) is 4.90 Å². The van der Waals surface area contributed by atoms with Gasteiger partial charge in [0.1, 0.15) is 5.15 Å². The molecule has 3 aromatic rings. The summed E-state index contributed by atoms with van der Waals surface area (Å²) in [7, 11) is 0. The van der Waals surface area contributed by atoms with Gasteiger partial charge in [-0.15, -0.1) is 11.3 Å². The third-order valence-electron chi connectivity index (χ3n) is 4.47. The zero-order valence-electron chi connectivity index (χ0n) is 14.3. The van der Waals surface area contributed by atoms with Gasteiger partial charge in [0.25, 0.3) is 0 Å². The first kappa shape index (κ1) is 19.6. The van der Waals surface area contributed by atoms with E-state index in [0.717, 1.165) is 41.2 Å². The lowest BCUT2D eigenvalue weighted by Crippen LogP contribution is -2.30. The lowest BCUT2D eigenvalue weighted by atomic mass is 10.1. The number of fused-ring (bicyclic) bond motifs is 1. The lowest BCUT2D eigenvalue weighted by molar-refractivity contribution is -0.137. The first-order valence-corrected chi connectivity index (χ1v) is 9.92. The molecule has 4 nitrogen and oxygen atoms in total. The second kappa shape index (κ2) is 7.59. The van der Waals surface area contributed by atoms with Crippen molar-refractivity contribution >= 4 is 34.5 Å². The Bertz CT molecular complexity index is 1010. The Labute approximate surface area is 173 Å². The Morgan fingerprint density at radius 2 is 1.86 bits per heavy atom. The molecule has 0 bridgehead atoms. The Morgan fingerprint density at radius 3 is 2.50 bits per heavy atom. The quantitative estimate of drug-likeness (QED) is 0.535. The van der Waals surface area contributed by atoms with Crippen molar-refractivity contribution in [2.24, 2.45) is 0 Å². The summed E-state index contributed by atoms with van der Waals surface area (Å²) in [5, 5.41) is 0.426. The zero-order chi connectivity index (χ0) is 19.9. The molecule has 1 aliphatic heterocycles. The van der Waals surface area contributed by atoms with Crippen LogP contribution in [0.15, 0.2) is 30.5 Å². The number of alkyl halides is 3. The van der Waals surface area contributed by atoms with E-state index in [0.29, 0.717) is 34.1 Å². The van der Waals surface area contributed by atoms with E-state index in [4.69, 9.17) is 23.2 Å². The predicted octanol–water partition coefficient (Wildman–Crippen LogP) is 5.48. The molecule has 2 aromatic heterocycles. The van der Waals surface area contributed by atoms with E-state index in [1.54, 1.807) is 6.20 Å². The molecule has 1 aliphatic rings. The van der Waals surface area contributed by atoms with Crippen LogP contribution in [0.3, 0.4) is 0 Å². The molecule has 0 saturated heterocycles. The normalized spacial score (nSPS) is 14.9. The fraction of sp³-hybridized carbons (Fsp3) is 0.278. The number of thiazole rings is 1. The van der Waals surface area contributed by atoms with Gasteiger partial charge < -0.3 is 0 Å². The molecule has 0 spiro atoms. The van der Waals surface area contributed by atoms with Crippen molar-refractivity contribution in [1.29, 1.82) is 0 Å². The number of nitrogens with zero attached hydrogens (tertiary/aromatic N) is 4. The van der Waals surface area contributed by atoms with Crippen LogP contribution in [-0.4, -0.2) is 26.4 Å². The van der Waals surface area contributed by atoms with Crippen LogP contribution >= 0.6 is 34.5 Å². The Morgan fingerprint density at radius 1 is 1.11 bits per heavy atom. The van der Waals surface area contributed by atoms with Crippen molar-refractivity contribution in [3.05, 3.63) is 61.8 Å². The summed E-state index contributed by atoms with van der Waals surface area (Å²) in [6.45, 7) is 2.08. The van der Waals surface area contributed by atoms with E-state index in [-0.39, 0.29) is 0 Å². The van der Waals surface area contributed by atoms with Gasteiger partial charge in [-0.25, -0.2) is 15.0 Å². The summed E-state index contributed by atoms with van der Waals surface area (Å²) in [5.41, 5.74) is 1.78. The number of halogens is 5. The summed E-state index contributed by atoms with van der Waals surface area (Å²) < 4.78 is 38.6. The van der Waals surface area contributed by atoms with Crippen molar-refractivity contribution in [2.45, 2.75) is 25.7 Å². The van der Waals surface area contributed by atoms with E-state index in [9.17, 15) is 13.2 Å². The minimum absolute atomic E-state index is 0.418. The van der Waals surface area contributed by atoms with Crippen LogP contribution in [0.25, 0.3) is 11.4 Å². The van der Waals surface area contributed by atoms with Gasteiger partial charge in [-0.1, -0.05) is 35.3 Å². The number of aromatic nitrogens is 3. The highest BCUT2D eigenvalue weighted by Crippen LogP contribution is 2.31. The summed E-state index contributed by atoms with van der Waals surface area (Å²) in [5.74, 6) is 0.429. The van der Waals surface area contributed by atoms with Crippen molar-refractivity contribution < 1.29 is 13.2 Å². The highest BCUT2D eigenvalue weighted by molar-refractivity contribution is 7.16. The largest absolute Gasteiger partial charge is 0.416 e. The van der Waals surface area contributed by atoms with E-state index < -0.39 is 11.7 Å². The Hall–Kier alpha value is -1.74. The fourth-order valence-electron chi connectivity index (χ4n) is 3.06. The maximum atomic E-state index is 12.7. The SMILES string of the molecule is FC(F)(F)c1ccc(-c2ncc3c(n2)CCN(Cc2sc(Cl)nc2Cl)C3)cc1. The Balaban J connectivity index is 1.50. The number of benzene rings is 1. The fourth-order valence-corrected chi connectivity index (χ4v) is 4.50. The van der Waals surface area contributed by atoms with Gasteiger partial charge in [-0.05, 0) is 12.1 Å². The average molecular weight is 445 g/mol. The molecule has 0 aliphatic carbocycles. The second-order valence-electron chi connectivity index (χ2n) is 6.38. The molecule has 10 heteroatoms. The summed E-state index contributed by atoms with van der Waals surface area (Å²) in [6, 6.07) is 4.89. The van der Waals surface area contributed by atoms with Gasteiger partial charge in [0.15, 0.2) is 10.3 Å². The summed E-state index contributed by atoms with van der Waals surface area (Å²) in [6.07, 6.45) is -1.90. The summed E-state index contributed by atoms with van der Waals surface area (Å²) in [4.78, 5) is 16.0. The van der Waals surface area contributed by atoms with Crippen molar-refractivity contribution in [2.75, 3.05) is 6.54 Å². The average Bonchev–Trinajstić information content (AvgIpc) is 2.97. The molecule has 0 atom stereocenters. The standard InChI is InChI=1S/C18H13Cl2F3N4S/c19-15-14(28-17(20)26-15)9-27-6-5-13-11(8-27)7-24-16(25-13)10-1-3-12(4-2-10)18(21,22)23/h1-4,7H,5-6,8-9H2. The zero-order valence-corrected chi connectivity index (χ0v) is 16.6. The van der Waals surface area contributed by atoms with E-state index in [2.05, 4.69) is 19.9 Å². The maximum absolute atomic E-state index is 12.7. The van der Waals surface area contributed by atoms with Gasteiger partial charge >= 0.3 is 6.18 Å². The van der Waals surface area contributed by atoms with Gasteiger partial charge in [-0.2, -0.15) is 13.2 Å². The summed E-state index contributed by atoms with van der Waals surface area (Å²) >= 11 is 13.3. The molecule has 0 unspecified atom stereocenters. The van der Waals surface area contributed by atoms with E-state index in [1.165, 1.54) is 23.5 Å². The third kappa shape index (κ3) is 4.15. The maximum Gasteiger partial charge on any atom is 0.416 e. The van der Waals surface area contributed by atoms with Crippen LogP contribution in [-0.2, 0) is 25.7 Å². The molecule has 0 radical (unpaired) electrons. The predicted molar refractivity (Wildman–Crippen MR) is 102 cm³/mol. The molecule has 3 heterocycles. The van der Waals surface area contributed by atoms with Crippen LogP contribution in [0, 0.1) is 0 Å². The lowest BCUT2D eigenvalue weighted by Gasteiger charge is -2.27. The van der Waals surface area contributed by atoms with Crippen LogP contribution in [0.5, 0.6) is 0 Å². The van der Waals surface area contributed by atoms with Crippen molar-refractivity contribution in [1.82, 2.24) is 19.9 Å². The molecule has 4 rings (SSSR count). The van der Waals surface area contributed by atoms with Gasteiger partial charge in [0.2, 0.25) is 0 Å². The van der Waals surface area contributed by atoms with Crippen molar-refractivity contribution in [3.8, 4) is 11.4 Å². The molecule has 1 aromatic carbocycles. The minimum Gasteiger partial charge on any atom is -0.293 e. The van der Waals surface area contributed by atoms with Crippen LogP contribution < -0.4 is 0 Å². The topological polar surface area (TPSA) is 41.9 Å². The minimum atomic E-state index is -4.36. The Kier molecular flexibility index (Phi) is 5.30. The molecule has 0 fully saturated rings. The molecule has 0 amide bonds. The second-order valence-corrected chi connectivity index (χ2v) is 8.41. The molecule has 146 valence electrons. The van der Waals surface area contributed by atoms with E-state index in [1.807, 2.05) is 0 Å². The van der Waals surface area contributed by atoms with Gasteiger partial charge in [0.05, 0.1) is 16.1 Å².